The van der Waals surface area contributed by atoms with Crippen LogP contribution in [-0.4, -0.2) is 23.7 Å². The number of nitrogens with zero attached hydrogens (tertiary/aromatic N) is 1. The number of ether oxygens (including phenoxy) is 1. The number of esters is 1. The lowest BCUT2D eigenvalue weighted by Gasteiger charge is -2.28. The van der Waals surface area contributed by atoms with Crippen LogP contribution in [0.2, 0.25) is 0 Å². The fourth-order valence-corrected chi connectivity index (χ4v) is 5.64. The number of carbonyl (C=O) groups is 1. The lowest BCUT2D eigenvalue weighted by molar-refractivity contribution is -0.384. The first-order valence-electron chi connectivity index (χ1n) is 8.88. The van der Waals surface area contributed by atoms with Crippen LogP contribution >= 0.6 is 7.37 Å². The highest BCUT2D eigenvalue weighted by Crippen LogP contribution is 2.54. The second-order valence-corrected chi connectivity index (χ2v) is 9.51. The molecule has 0 radical (unpaired) electrons. The fourth-order valence-electron chi connectivity index (χ4n) is 2.80. The van der Waals surface area contributed by atoms with Gasteiger partial charge in [-0.15, -0.1) is 0 Å². The second-order valence-electron chi connectivity index (χ2n) is 7.06. The van der Waals surface area contributed by atoms with Gasteiger partial charge in [0.1, 0.15) is 5.75 Å². The number of benzene rings is 2. The predicted molar refractivity (Wildman–Crippen MR) is 107 cm³/mol. The normalized spacial score (nSPS) is 13.4. The van der Waals surface area contributed by atoms with Crippen molar-refractivity contribution in [3.05, 3.63) is 70.3 Å². The lowest BCUT2D eigenvalue weighted by atomic mass is 9.97. The molecule has 0 heterocycles. The molecule has 0 saturated heterocycles. The minimum absolute atomic E-state index is 0.0231. The second kappa shape index (κ2) is 9.02. The largest absolute Gasteiger partial charge is 0.466 e. The Labute approximate surface area is 164 Å². The van der Waals surface area contributed by atoms with Gasteiger partial charge in [-0.05, 0) is 38.5 Å². The van der Waals surface area contributed by atoms with Crippen molar-refractivity contribution in [2.24, 2.45) is 5.41 Å². The van der Waals surface area contributed by atoms with E-state index in [1.807, 2.05) is 30.3 Å². The van der Waals surface area contributed by atoms with E-state index in [2.05, 4.69) is 0 Å². The molecular formula is C20H24NO6P. The Morgan fingerprint density at radius 3 is 2.25 bits per heavy atom. The van der Waals surface area contributed by atoms with E-state index in [1.54, 1.807) is 20.8 Å². The Kier molecular flexibility index (Phi) is 6.97. The summed E-state index contributed by atoms with van der Waals surface area (Å²) in [7, 11) is -3.37. The van der Waals surface area contributed by atoms with Gasteiger partial charge in [0.25, 0.3) is 13.1 Å². The average Bonchev–Trinajstić information content (AvgIpc) is 2.62. The molecule has 0 aliphatic heterocycles. The molecule has 2 rings (SSSR count). The lowest BCUT2D eigenvalue weighted by Crippen LogP contribution is -2.31. The van der Waals surface area contributed by atoms with Crippen LogP contribution in [0, 0.1) is 15.5 Å². The van der Waals surface area contributed by atoms with Crippen LogP contribution in [0.15, 0.2) is 54.6 Å². The molecule has 28 heavy (non-hydrogen) atoms. The number of non-ortho nitro benzene ring substituents is 1. The zero-order valence-electron chi connectivity index (χ0n) is 16.2. The zero-order valence-corrected chi connectivity index (χ0v) is 17.1. The molecule has 8 heteroatoms. The summed E-state index contributed by atoms with van der Waals surface area (Å²) in [6, 6.07) is 14.6. The standard InChI is InChI=1S/C20H24NO6P/c1-4-26-19(22)20(2,3)15-28(25,14-16-8-6-5-7-9-16)27-18-12-10-17(11-13-18)21(23)24/h5-13H,4,14-15H2,1-3H3. The van der Waals surface area contributed by atoms with Crippen molar-refractivity contribution in [1.29, 1.82) is 0 Å². The molecule has 0 aliphatic carbocycles. The fraction of sp³-hybridized carbons (Fsp3) is 0.350. The highest BCUT2D eigenvalue weighted by Gasteiger charge is 2.39. The molecule has 1 unspecified atom stereocenters. The number of rotatable bonds is 9. The molecule has 0 aromatic heterocycles. The molecule has 0 saturated carbocycles. The van der Waals surface area contributed by atoms with Crippen LogP contribution in [0.25, 0.3) is 0 Å². The molecule has 1 atom stereocenters. The molecule has 150 valence electrons. The number of hydrogen-bond acceptors (Lipinski definition) is 6. The van der Waals surface area contributed by atoms with Gasteiger partial charge in [0, 0.05) is 12.1 Å². The summed E-state index contributed by atoms with van der Waals surface area (Å²) in [6.45, 7) is 5.28. The summed E-state index contributed by atoms with van der Waals surface area (Å²) in [5.41, 5.74) is -0.286. The highest BCUT2D eigenvalue weighted by molar-refractivity contribution is 7.58. The zero-order chi connectivity index (χ0) is 20.8. The van der Waals surface area contributed by atoms with Gasteiger partial charge in [0.05, 0.1) is 29.3 Å². The Morgan fingerprint density at radius 2 is 1.71 bits per heavy atom. The molecule has 0 N–H and O–H groups in total. The van der Waals surface area contributed by atoms with E-state index in [4.69, 9.17) is 9.26 Å². The highest BCUT2D eigenvalue weighted by atomic mass is 31.2. The summed E-state index contributed by atoms with van der Waals surface area (Å²) >= 11 is 0. The third kappa shape index (κ3) is 5.92. The van der Waals surface area contributed by atoms with Gasteiger partial charge in [0.2, 0.25) is 0 Å². The van der Waals surface area contributed by atoms with Gasteiger partial charge in [0.15, 0.2) is 0 Å². The van der Waals surface area contributed by atoms with Crippen LogP contribution in [0.5, 0.6) is 5.75 Å². The molecule has 0 amide bonds. The maximum Gasteiger partial charge on any atom is 0.312 e. The van der Waals surface area contributed by atoms with Crippen molar-refractivity contribution < 1.29 is 23.5 Å². The van der Waals surface area contributed by atoms with Gasteiger partial charge in [-0.3, -0.25) is 19.5 Å². The molecular weight excluding hydrogens is 381 g/mol. The predicted octanol–water partition coefficient (Wildman–Crippen LogP) is 5.04. The van der Waals surface area contributed by atoms with Crippen LogP contribution < -0.4 is 4.52 Å². The van der Waals surface area contributed by atoms with Crippen LogP contribution in [0.3, 0.4) is 0 Å². The number of hydrogen-bond donors (Lipinski definition) is 0. The molecule has 2 aromatic carbocycles. The monoisotopic (exact) mass is 405 g/mol. The van der Waals surface area contributed by atoms with E-state index >= 15 is 0 Å². The Morgan fingerprint density at radius 1 is 1.11 bits per heavy atom. The third-order valence-corrected chi connectivity index (χ3v) is 6.71. The molecule has 0 fully saturated rings. The number of nitro groups is 1. The van der Waals surface area contributed by atoms with Crippen molar-refractivity contribution in [1.82, 2.24) is 0 Å². The molecule has 7 nitrogen and oxygen atoms in total. The van der Waals surface area contributed by atoms with E-state index < -0.39 is 23.7 Å². The topological polar surface area (TPSA) is 95.7 Å². The van der Waals surface area contributed by atoms with E-state index in [1.165, 1.54) is 24.3 Å². The third-order valence-electron chi connectivity index (χ3n) is 4.05. The molecule has 0 spiro atoms. The van der Waals surface area contributed by atoms with E-state index in [9.17, 15) is 19.5 Å². The van der Waals surface area contributed by atoms with E-state index in [-0.39, 0.29) is 30.4 Å². The van der Waals surface area contributed by atoms with Gasteiger partial charge >= 0.3 is 5.97 Å². The molecule has 0 bridgehead atoms. The Bertz CT molecular complexity index is 864. The Hall–Kier alpha value is -2.66. The quantitative estimate of drug-likeness (QED) is 0.251. The van der Waals surface area contributed by atoms with Crippen molar-refractivity contribution >= 4 is 19.0 Å². The van der Waals surface area contributed by atoms with Crippen LogP contribution in [0.1, 0.15) is 26.3 Å². The first-order chi connectivity index (χ1) is 13.1. The summed E-state index contributed by atoms with van der Waals surface area (Å²) in [5.74, 6) is -0.194. The van der Waals surface area contributed by atoms with Crippen molar-refractivity contribution in [2.75, 3.05) is 12.8 Å². The smallest absolute Gasteiger partial charge is 0.312 e. The minimum atomic E-state index is -3.37. The first kappa shape index (κ1) is 21.6. The van der Waals surface area contributed by atoms with Crippen molar-refractivity contribution in [3.63, 3.8) is 0 Å². The SMILES string of the molecule is CCOC(=O)C(C)(C)CP(=O)(Cc1ccccc1)Oc1ccc([N+](=O)[O-])cc1. The minimum Gasteiger partial charge on any atom is -0.466 e. The summed E-state index contributed by atoms with van der Waals surface area (Å²) in [4.78, 5) is 22.6. The summed E-state index contributed by atoms with van der Waals surface area (Å²) < 4.78 is 24.7. The number of carbonyl (C=O) groups excluding carboxylic acids is 1. The van der Waals surface area contributed by atoms with Gasteiger partial charge in [-0.2, -0.15) is 0 Å². The number of nitro benzene ring substituents is 1. The maximum absolute atomic E-state index is 13.7. The summed E-state index contributed by atoms with van der Waals surface area (Å²) in [5, 5.41) is 10.8. The molecule has 2 aromatic rings. The van der Waals surface area contributed by atoms with Crippen molar-refractivity contribution in [3.8, 4) is 5.75 Å². The van der Waals surface area contributed by atoms with Crippen LogP contribution in [0.4, 0.5) is 5.69 Å². The molecule has 0 aliphatic rings. The maximum atomic E-state index is 13.7. The van der Waals surface area contributed by atoms with Gasteiger partial charge in [-0.25, -0.2) is 0 Å². The summed E-state index contributed by atoms with van der Waals surface area (Å²) in [6.07, 6.45) is 0.110. The van der Waals surface area contributed by atoms with E-state index in [0.29, 0.717) is 0 Å². The Balaban J connectivity index is 2.31. The van der Waals surface area contributed by atoms with E-state index in [0.717, 1.165) is 5.56 Å². The van der Waals surface area contributed by atoms with Crippen molar-refractivity contribution in [2.45, 2.75) is 26.9 Å². The first-order valence-corrected chi connectivity index (χ1v) is 10.9. The van der Waals surface area contributed by atoms with Gasteiger partial charge in [-0.1, -0.05) is 30.3 Å². The average molecular weight is 405 g/mol. The van der Waals surface area contributed by atoms with Gasteiger partial charge < -0.3 is 9.26 Å². The van der Waals surface area contributed by atoms with Crippen LogP contribution in [-0.2, 0) is 20.3 Å².